The molecule has 8 rings (SSSR count). The van der Waals surface area contributed by atoms with Crippen LogP contribution in [0.25, 0.3) is 21.5 Å². The van der Waals surface area contributed by atoms with E-state index in [2.05, 4.69) is 65.3 Å². The lowest BCUT2D eigenvalue weighted by atomic mass is 9.44. The predicted molar refractivity (Wildman–Crippen MR) is 166 cm³/mol. The van der Waals surface area contributed by atoms with E-state index in [1.807, 2.05) is 36.4 Å². The largest absolute Gasteiger partial charge is 0.355 e. The fourth-order valence-electron chi connectivity index (χ4n) is 9.02. The maximum absolute atomic E-state index is 13.3. The van der Waals surface area contributed by atoms with Gasteiger partial charge in [-0.2, -0.15) is 0 Å². The minimum Gasteiger partial charge on any atom is -0.355 e. The molecule has 4 fully saturated rings. The number of anilines is 1. The molecular formula is C36H39N3O2. The zero-order chi connectivity index (χ0) is 28.0. The molecular weight excluding hydrogens is 506 g/mol. The summed E-state index contributed by atoms with van der Waals surface area (Å²) in [6.07, 6.45) is 7.55. The molecule has 4 aromatic rings. The second-order valence-electron chi connectivity index (χ2n) is 13.3. The summed E-state index contributed by atoms with van der Waals surface area (Å²) in [7, 11) is 0. The third kappa shape index (κ3) is 5.07. The molecule has 0 saturated heterocycles. The summed E-state index contributed by atoms with van der Waals surface area (Å²) in [6, 6.07) is 26.6. The van der Waals surface area contributed by atoms with Gasteiger partial charge in [-0.05, 0) is 101 Å². The fraction of sp³-hybridized carbons (Fsp3) is 0.389. The first-order valence-electron chi connectivity index (χ1n) is 15.2. The molecule has 0 spiro atoms. The van der Waals surface area contributed by atoms with Crippen LogP contribution in [0.15, 0.2) is 78.9 Å². The van der Waals surface area contributed by atoms with Crippen molar-refractivity contribution in [3.8, 4) is 0 Å². The highest BCUT2D eigenvalue weighted by Gasteiger charge is 2.57. The van der Waals surface area contributed by atoms with Crippen LogP contribution in [0.5, 0.6) is 0 Å². The molecule has 2 unspecified atom stereocenters. The van der Waals surface area contributed by atoms with Gasteiger partial charge < -0.3 is 16.0 Å². The van der Waals surface area contributed by atoms with Crippen molar-refractivity contribution < 1.29 is 9.59 Å². The first-order valence-corrected chi connectivity index (χ1v) is 15.2. The molecule has 5 heteroatoms. The molecule has 4 bridgehead atoms. The van der Waals surface area contributed by atoms with Gasteiger partial charge in [-0.25, -0.2) is 4.79 Å². The summed E-state index contributed by atoms with van der Waals surface area (Å²) in [5, 5.41) is 14.2. The van der Waals surface area contributed by atoms with Crippen molar-refractivity contribution in [2.75, 3.05) is 18.4 Å². The molecule has 0 aliphatic heterocycles. The van der Waals surface area contributed by atoms with E-state index in [1.165, 1.54) is 48.4 Å². The van der Waals surface area contributed by atoms with Crippen molar-refractivity contribution in [1.82, 2.24) is 10.6 Å². The van der Waals surface area contributed by atoms with Gasteiger partial charge in [0.2, 0.25) is 5.91 Å². The van der Waals surface area contributed by atoms with Crippen molar-refractivity contribution in [3.05, 3.63) is 90.0 Å². The number of amides is 3. The highest BCUT2D eigenvalue weighted by molar-refractivity contribution is 6.01. The van der Waals surface area contributed by atoms with E-state index < -0.39 is 0 Å². The number of urea groups is 1. The Labute approximate surface area is 242 Å². The Morgan fingerprint density at radius 3 is 2.07 bits per heavy atom. The number of nitrogens with one attached hydrogen (secondary N) is 3. The Morgan fingerprint density at radius 2 is 1.34 bits per heavy atom. The maximum Gasteiger partial charge on any atom is 0.319 e. The highest BCUT2D eigenvalue weighted by atomic mass is 16.2. The molecule has 0 heterocycles. The van der Waals surface area contributed by atoms with E-state index >= 15 is 0 Å². The van der Waals surface area contributed by atoms with Crippen LogP contribution in [0.4, 0.5) is 10.5 Å². The van der Waals surface area contributed by atoms with Crippen LogP contribution >= 0.6 is 0 Å². The van der Waals surface area contributed by atoms with Crippen LogP contribution in [0, 0.1) is 29.6 Å². The lowest BCUT2D eigenvalue weighted by Crippen LogP contribution is -2.58. The Balaban J connectivity index is 1.01. The Bertz CT molecular complexity index is 1620. The van der Waals surface area contributed by atoms with Gasteiger partial charge in [0.25, 0.3) is 0 Å². The topological polar surface area (TPSA) is 70.2 Å². The van der Waals surface area contributed by atoms with Crippen LogP contribution in [-0.4, -0.2) is 25.0 Å². The number of fused-ring (bicyclic) bond motifs is 2. The third-order valence-electron chi connectivity index (χ3n) is 10.2. The summed E-state index contributed by atoms with van der Waals surface area (Å²) in [5.41, 5.74) is 3.40. The lowest BCUT2D eigenvalue weighted by Gasteiger charge is -2.62. The standard InChI is InChI=1S/C36H39N3O2/c1-24-13-14-28-8-2-4-10-29(28)31(24)16-33(40)37-22-35-17-25-15-26(18-35)20-36(19-25,21-35)23-38-34(41)39-32-12-6-9-27-7-3-5-11-30(27)32/h2-14,25-26H,15-23H2,1H3,(H,37,40)(H2,38,39,41). The number of carbonyl (C=O) groups is 2. The van der Waals surface area contributed by atoms with Crippen molar-refractivity contribution in [3.63, 3.8) is 0 Å². The highest BCUT2D eigenvalue weighted by Crippen LogP contribution is 2.64. The molecule has 2 atom stereocenters. The van der Waals surface area contributed by atoms with Crippen LogP contribution in [-0.2, 0) is 11.2 Å². The Morgan fingerprint density at radius 1 is 0.732 bits per heavy atom. The van der Waals surface area contributed by atoms with Crippen LogP contribution in [0.1, 0.15) is 49.7 Å². The smallest absolute Gasteiger partial charge is 0.319 e. The van der Waals surface area contributed by atoms with Gasteiger partial charge in [-0.1, -0.05) is 72.8 Å². The van der Waals surface area contributed by atoms with Gasteiger partial charge in [0.1, 0.15) is 0 Å². The molecule has 4 aromatic carbocycles. The number of hydrogen-bond donors (Lipinski definition) is 3. The second-order valence-corrected chi connectivity index (χ2v) is 13.3. The monoisotopic (exact) mass is 545 g/mol. The second kappa shape index (κ2) is 10.2. The van der Waals surface area contributed by atoms with Gasteiger partial charge in [0.15, 0.2) is 0 Å². The third-order valence-corrected chi connectivity index (χ3v) is 10.2. The first-order chi connectivity index (χ1) is 19.9. The Hall–Kier alpha value is -3.86. The van der Waals surface area contributed by atoms with Gasteiger partial charge in [0, 0.05) is 18.5 Å². The number of benzene rings is 4. The van der Waals surface area contributed by atoms with Crippen LogP contribution < -0.4 is 16.0 Å². The van der Waals surface area contributed by atoms with Crippen LogP contribution in [0.3, 0.4) is 0 Å². The number of carbonyl (C=O) groups excluding carboxylic acids is 2. The van der Waals surface area contributed by atoms with Crippen LogP contribution in [0.2, 0.25) is 0 Å². The number of hydrogen-bond acceptors (Lipinski definition) is 2. The lowest BCUT2D eigenvalue weighted by molar-refractivity contribution is -0.126. The summed E-state index contributed by atoms with van der Waals surface area (Å²) >= 11 is 0. The van der Waals surface area contributed by atoms with Crippen molar-refractivity contribution in [2.24, 2.45) is 22.7 Å². The van der Waals surface area contributed by atoms with E-state index in [-0.39, 0.29) is 22.8 Å². The minimum absolute atomic E-state index is 0.113. The Kier molecular flexibility index (Phi) is 6.49. The van der Waals surface area contributed by atoms with E-state index in [0.717, 1.165) is 35.0 Å². The summed E-state index contributed by atoms with van der Waals surface area (Å²) in [4.78, 5) is 26.3. The van der Waals surface area contributed by atoms with Gasteiger partial charge in [0.05, 0.1) is 12.1 Å². The average Bonchev–Trinajstić information content (AvgIpc) is 2.96. The zero-order valence-corrected chi connectivity index (χ0v) is 23.8. The molecule has 5 nitrogen and oxygen atoms in total. The minimum atomic E-state index is -0.134. The summed E-state index contributed by atoms with van der Waals surface area (Å²) < 4.78 is 0. The molecule has 4 aliphatic rings. The predicted octanol–water partition coefficient (Wildman–Crippen LogP) is 7.37. The molecule has 0 radical (unpaired) electrons. The van der Waals surface area contributed by atoms with E-state index in [4.69, 9.17) is 0 Å². The molecule has 4 aliphatic carbocycles. The molecule has 0 aromatic heterocycles. The first kappa shape index (κ1) is 26.1. The molecule has 41 heavy (non-hydrogen) atoms. The van der Waals surface area contributed by atoms with E-state index in [1.54, 1.807) is 0 Å². The van der Waals surface area contributed by atoms with Crippen molar-refractivity contribution in [1.29, 1.82) is 0 Å². The molecule has 210 valence electrons. The maximum atomic E-state index is 13.3. The van der Waals surface area contributed by atoms with Crippen molar-refractivity contribution >= 4 is 39.2 Å². The molecule has 3 amide bonds. The molecule has 4 saturated carbocycles. The zero-order valence-electron chi connectivity index (χ0n) is 23.8. The molecule has 3 N–H and O–H groups in total. The number of aryl methyl sites for hydroxylation is 1. The van der Waals surface area contributed by atoms with Gasteiger partial charge >= 0.3 is 6.03 Å². The fourth-order valence-corrected chi connectivity index (χ4v) is 9.02. The van der Waals surface area contributed by atoms with Gasteiger partial charge in [-0.15, -0.1) is 0 Å². The quantitative estimate of drug-likeness (QED) is 0.227. The normalized spacial score (nSPS) is 26.3. The van der Waals surface area contributed by atoms with E-state index in [9.17, 15) is 9.59 Å². The summed E-state index contributed by atoms with van der Waals surface area (Å²) in [5.74, 6) is 1.50. The van der Waals surface area contributed by atoms with E-state index in [0.29, 0.717) is 24.8 Å². The number of rotatable bonds is 7. The van der Waals surface area contributed by atoms with Gasteiger partial charge in [-0.3, -0.25) is 4.79 Å². The van der Waals surface area contributed by atoms with Crippen molar-refractivity contribution in [2.45, 2.75) is 51.9 Å². The average molecular weight is 546 g/mol. The SMILES string of the molecule is Cc1ccc2ccccc2c1CC(=O)NCC12CC3CC(C1)CC(CNC(=O)Nc1cccc4ccccc14)(C3)C2. The summed E-state index contributed by atoms with van der Waals surface area (Å²) in [6.45, 7) is 3.54.